The number of nitrogens with zero attached hydrogens (tertiary/aromatic N) is 1. The lowest BCUT2D eigenvalue weighted by molar-refractivity contribution is 0.0594. The van der Waals surface area contributed by atoms with E-state index in [9.17, 15) is 9.59 Å². The van der Waals surface area contributed by atoms with Gasteiger partial charge in [0.05, 0.1) is 14.2 Å². The van der Waals surface area contributed by atoms with E-state index in [1.54, 1.807) is 19.2 Å². The van der Waals surface area contributed by atoms with Crippen LogP contribution in [-0.2, 0) is 11.2 Å². The molecule has 25 heavy (non-hydrogen) atoms. The average Bonchev–Trinajstić information content (AvgIpc) is 2.66. The highest BCUT2D eigenvalue weighted by molar-refractivity contribution is 5.94. The molecule has 0 fully saturated rings. The molecule has 0 saturated carbocycles. The first kappa shape index (κ1) is 18.4. The molecule has 1 unspecified atom stereocenters. The van der Waals surface area contributed by atoms with E-state index < -0.39 is 5.97 Å². The molecule has 1 atom stereocenters. The number of amides is 1. The molecule has 2 aromatic rings. The van der Waals surface area contributed by atoms with E-state index in [-0.39, 0.29) is 23.3 Å². The number of esters is 1. The summed E-state index contributed by atoms with van der Waals surface area (Å²) in [4.78, 5) is 27.8. The van der Waals surface area contributed by atoms with Crippen molar-refractivity contribution in [3.8, 4) is 5.75 Å². The molecule has 1 N–H and O–H groups in total. The first-order valence-corrected chi connectivity index (χ1v) is 8.02. The number of pyridine rings is 1. The molecule has 0 radical (unpaired) electrons. The Hall–Kier alpha value is -2.89. The first-order valence-electron chi connectivity index (χ1n) is 8.02. The van der Waals surface area contributed by atoms with E-state index >= 15 is 0 Å². The van der Waals surface area contributed by atoms with Crippen molar-refractivity contribution in [2.45, 2.75) is 25.8 Å². The van der Waals surface area contributed by atoms with Crippen molar-refractivity contribution in [1.82, 2.24) is 10.3 Å². The number of aryl methyl sites for hydroxylation is 1. The van der Waals surface area contributed by atoms with Gasteiger partial charge in [0, 0.05) is 6.04 Å². The minimum atomic E-state index is -0.567. The second kappa shape index (κ2) is 8.82. The van der Waals surface area contributed by atoms with E-state index in [4.69, 9.17) is 4.74 Å². The molecule has 1 aromatic carbocycles. The van der Waals surface area contributed by atoms with Gasteiger partial charge < -0.3 is 14.8 Å². The zero-order valence-corrected chi connectivity index (χ0v) is 14.6. The SMILES string of the molecule is COC(=O)c1cccc(C(=O)NC(C)CCc2ccc(OC)cc2)n1. The Morgan fingerprint density at radius 3 is 2.40 bits per heavy atom. The number of hydrogen-bond acceptors (Lipinski definition) is 5. The summed E-state index contributed by atoms with van der Waals surface area (Å²) in [6.45, 7) is 1.94. The Labute approximate surface area is 147 Å². The van der Waals surface area contributed by atoms with Gasteiger partial charge >= 0.3 is 5.97 Å². The molecule has 6 nitrogen and oxygen atoms in total. The van der Waals surface area contributed by atoms with E-state index in [0.717, 1.165) is 18.6 Å². The van der Waals surface area contributed by atoms with E-state index in [1.807, 2.05) is 31.2 Å². The Bertz CT molecular complexity index is 728. The quantitative estimate of drug-likeness (QED) is 0.783. The van der Waals surface area contributed by atoms with Gasteiger partial charge in [0.25, 0.3) is 5.91 Å². The summed E-state index contributed by atoms with van der Waals surface area (Å²) in [6.07, 6.45) is 1.62. The number of benzene rings is 1. The first-order chi connectivity index (χ1) is 12.0. The van der Waals surface area contributed by atoms with Crippen molar-refractivity contribution in [2.75, 3.05) is 14.2 Å². The van der Waals surface area contributed by atoms with Crippen LogP contribution >= 0.6 is 0 Å². The molecule has 0 aliphatic carbocycles. The van der Waals surface area contributed by atoms with Crippen molar-refractivity contribution in [3.63, 3.8) is 0 Å². The van der Waals surface area contributed by atoms with Gasteiger partial charge in [-0.1, -0.05) is 18.2 Å². The summed E-state index contributed by atoms with van der Waals surface area (Å²) in [5, 5.41) is 2.89. The summed E-state index contributed by atoms with van der Waals surface area (Å²) in [6, 6.07) is 12.5. The standard InChI is InChI=1S/C19H22N2O4/c1-13(7-8-14-9-11-15(24-2)12-10-14)20-18(22)16-5-4-6-17(21-16)19(23)25-3/h4-6,9-13H,7-8H2,1-3H3,(H,20,22). The van der Waals surface area contributed by atoms with Gasteiger partial charge in [0.15, 0.2) is 0 Å². The fraction of sp³-hybridized carbons (Fsp3) is 0.316. The van der Waals surface area contributed by atoms with E-state index in [0.29, 0.717) is 0 Å². The van der Waals surface area contributed by atoms with Crippen LogP contribution in [0.3, 0.4) is 0 Å². The van der Waals surface area contributed by atoms with Crippen molar-refractivity contribution in [2.24, 2.45) is 0 Å². The van der Waals surface area contributed by atoms with Crippen molar-refractivity contribution in [1.29, 1.82) is 0 Å². The van der Waals surface area contributed by atoms with Crippen molar-refractivity contribution in [3.05, 3.63) is 59.4 Å². The van der Waals surface area contributed by atoms with Gasteiger partial charge in [-0.3, -0.25) is 4.79 Å². The third-order valence-corrected chi connectivity index (χ3v) is 3.78. The van der Waals surface area contributed by atoms with Crippen molar-refractivity contribution >= 4 is 11.9 Å². The molecule has 1 aromatic heterocycles. The summed E-state index contributed by atoms with van der Waals surface area (Å²) in [7, 11) is 2.91. The number of hydrogen-bond donors (Lipinski definition) is 1. The Kier molecular flexibility index (Phi) is 6.51. The Morgan fingerprint density at radius 1 is 1.08 bits per heavy atom. The topological polar surface area (TPSA) is 77.5 Å². The molecule has 0 spiro atoms. The summed E-state index contributed by atoms with van der Waals surface area (Å²) in [5.41, 5.74) is 1.48. The zero-order valence-electron chi connectivity index (χ0n) is 14.6. The Morgan fingerprint density at radius 2 is 1.76 bits per heavy atom. The van der Waals surface area contributed by atoms with Gasteiger partial charge in [-0.15, -0.1) is 0 Å². The molecule has 6 heteroatoms. The summed E-state index contributed by atoms with van der Waals surface area (Å²) in [5.74, 6) is -0.0585. The molecular formula is C19H22N2O4. The third-order valence-electron chi connectivity index (χ3n) is 3.78. The van der Waals surface area contributed by atoms with Crippen LogP contribution in [0.4, 0.5) is 0 Å². The van der Waals surface area contributed by atoms with Crippen LogP contribution in [0.2, 0.25) is 0 Å². The maximum absolute atomic E-state index is 12.3. The zero-order chi connectivity index (χ0) is 18.2. The molecule has 1 heterocycles. The average molecular weight is 342 g/mol. The van der Waals surface area contributed by atoms with Crippen LogP contribution in [0.25, 0.3) is 0 Å². The predicted molar refractivity (Wildman–Crippen MR) is 93.8 cm³/mol. The van der Waals surface area contributed by atoms with Gasteiger partial charge in [-0.2, -0.15) is 0 Å². The van der Waals surface area contributed by atoms with Gasteiger partial charge in [0.2, 0.25) is 0 Å². The number of aromatic nitrogens is 1. The lowest BCUT2D eigenvalue weighted by Gasteiger charge is -2.14. The molecule has 0 saturated heterocycles. The number of carbonyl (C=O) groups excluding carboxylic acids is 2. The number of methoxy groups -OCH3 is 2. The monoisotopic (exact) mass is 342 g/mol. The van der Waals surface area contributed by atoms with Gasteiger partial charge in [0.1, 0.15) is 17.1 Å². The minimum absolute atomic E-state index is 0.0295. The summed E-state index contributed by atoms with van der Waals surface area (Å²) < 4.78 is 9.75. The molecule has 1 amide bonds. The number of carbonyl (C=O) groups is 2. The highest BCUT2D eigenvalue weighted by Crippen LogP contribution is 2.13. The summed E-state index contributed by atoms with van der Waals surface area (Å²) >= 11 is 0. The largest absolute Gasteiger partial charge is 0.497 e. The third kappa shape index (κ3) is 5.31. The normalized spacial score (nSPS) is 11.5. The van der Waals surface area contributed by atoms with Crippen LogP contribution in [0, 0.1) is 0 Å². The molecular weight excluding hydrogens is 320 g/mol. The highest BCUT2D eigenvalue weighted by Gasteiger charge is 2.14. The van der Waals surface area contributed by atoms with E-state index in [1.165, 1.54) is 18.7 Å². The Balaban J connectivity index is 1.90. The number of ether oxygens (including phenoxy) is 2. The van der Waals surface area contributed by atoms with Gasteiger partial charge in [-0.05, 0) is 49.6 Å². The second-order valence-electron chi connectivity index (χ2n) is 5.66. The fourth-order valence-electron chi connectivity index (χ4n) is 2.32. The number of nitrogens with one attached hydrogen (secondary N) is 1. The van der Waals surface area contributed by atoms with E-state index in [2.05, 4.69) is 15.0 Å². The van der Waals surface area contributed by atoms with Crippen molar-refractivity contribution < 1.29 is 19.1 Å². The highest BCUT2D eigenvalue weighted by atomic mass is 16.5. The van der Waals surface area contributed by atoms with Crippen LogP contribution in [-0.4, -0.2) is 37.1 Å². The maximum Gasteiger partial charge on any atom is 0.356 e. The van der Waals surface area contributed by atoms with Crippen LogP contribution in [0.1, 0.15) is 39.9 Å². The lowest BCUT2D eigenvalue weighted by atomic mass is 10.1. The van der Waals surface area contributed by atoms with Crippen LogP contribution in [0.5, 0.6) is 5.75 Å². The second-order valence-corrected chi connectivity index (χ2v) is 5.66. The fourth-order valence-corrected chi connectivity index (χ4v) is 2.32. The predicted octanol–water partition coefficient (Wildman–Crippen LogP) is 2.63. The van der Waals surface area contributed by atoms with Crippen LogP contribution < -0.4 is 10.1 Å². The molecule has 132 valence electrons. The van der Waals surface area contributed by atoms with Crippen LogP contribution in [0.15, 0.2) is 42.5 Å². The number of rotatable bonds is 7. The molecule has 2 rings (SSSR count). The molecule has 0 aliphatic heterocycles. The lowest BCUT2D eigenvalue weighted by Crippen LogP contribution is -2.33. The van der Waals surface area contributed by atoms with Gasteiger partial charge in [-0.25, -0.2) is 9.78 Å². The smallest absolute Gasteiger partial charge is 0.356 e. The molecule has 0 aliphatic rings. The minimum Gasteiger partial charge on any atom is -0.497 e. The molecule has 0 bridgehead atoms. The maximum atomic E-state index is 12.3.